The fourth-order valence-corrected chi connectivity index (χ4v) is 4.44. The van der Waals surface area contributed by atoms with Crippen LogP contribution in [-0.2, 0) is 32.3 Å². The zero-order valence-corrected chi connectivity index (χ0v) is 21.9. The van der Waals surface area contributed by atoms with Gasteiger partial charge in [-0.25, -0.2) is 12.8 Å². The second-order valence-electron chi connectivity index (χ2n) is 8.71. The van der Waals surface area contributed by atoms with E-state index in [-0.39, 0.29) is 24.7 Å². The number of rotatable bonds is 11. The Hall–Kier alpha value is -3.15. The summed E-state index contributed by atoms with van der Waals surface area (Å²) in [6, 6.07) is 7.66. The maximum absolute atomic E-state index is 13.5. The number of hydrogen-bond acceptors (Lipinski definition) is 4. The van der Waals surface area contributed by atoms with Crippen LogP contribution in [0.4, 0.5) is 23.2 Å². The molecule has 204 valence electrons. The van der Waals surface area contributed by atoms with Gasteiger partial charge in [0.1, 0.15) is 18.4 Å². The van der Waals surface area contributed by atoms with E-state index in [1.165, 1.54) is 24.3 Å². The molecule has 0 spiro atoms. The molecule has 0 saturated carbocycles. The summed E-state index contributed by atoms with van der Waals surface area (Å²) in [5.41, 5.74) is -0.937. The highest BCUT2D eigenvalue weighted by atomic mass is 32.2. The monoisotopic (exact) mass is 545 g/mol. The van der Waals surface area contributed by atoms with Crippen molar-refractivity contribution >= 4 is 27.5 Å². The average molecular weight is 546 g/mol. The number of nitrogens with one attached hydrogen (secondary N) is 1. The molecule has 2 aromatic carbocycles. The number of amides is 2. The summed E-state index contributed by atoms with van der Waals surface area (Å²) in [4.78, 5) is 27.7. The first kappa shape index (κ1) is 30.1. The van der Waals surface area contributed by atoms with Crippen molar-refractivity contribution in [3.05, 3.63) is 65.5 Å². The van der Waals surface area contributed by atoms with Crippen molar-refractivity contribution in [2.24, 2.45) is 0 Å². The van der Waals surface area contributed by atoms with Gasteiger partial charge in [-0.2, -0.15) is 13.2 Å². The highest BCUT2D eigenvalue weighted by Crippen LogP contribution is 2.32. The fourth-order valence-electron chi connectivity index (χ4n) is 3.60. The van der Waals surface area contributed by atoms with Gasteiger partial charge in [0.2, 0.25) is 21.8 Å². The van der Waals surface area contributed by atoms with E-state index in [2.05, 4.69) is 5.32 Å². The van der Waals surface area contributed by atoms with Crippen molar-refractivity contribution in [2.45, 2.75) is 58.4 Å². The standard InChI is InChI=1S/C25H31F4N3O4S/c1-5-17(3)30-24(34)22(6-2)31(15-18-10-12-20(26)13-11-18)23(33)16-32(37(4,35)36)21-9-7-8-19(14-21)25(27,28)29/h7-14,17,22H,5-6,15-16H2,1-4H3,(H,30,34). The summed E-state index contributed by atoms with van der Waals surface area (Å²) >= 11 is 0. The number of hydrogen-bond donors (Lipinski definition) is 1. The van der Waals surface area contributed by atoms with Crippen LogP contribution in [0.1, 0.15) is 44.7 Å². The Morgan fingerprint density at radius 3 is 2.16 bits per heavy atom. The minimum absolute atomic E-state index is 0.147. The van der Waals surface area contributed by atoms with Crippen molar-refractivity contribution in [1.82, 2.24) is 10.2 Å². The van der Waals surface area contributed by atoms with Gasteiger partial charge in [-0.05, 0) is 55.7 Å². The molecule has 2 amide bonds. The third-order valence-corrected chi connectivity index (χ3v) is 6.93. The number of carbonyl (C=O) groups excluding carboxylic acids is 2. The van der Waals surface area contributed by atoms with Gasteiger partial charge in [-0.15, -0.1) is 0 Å². The lowest BCUT2D eigenvalue weighted by atomic mass is 10.1. The minimum Gasteiger partial charge on any atom is -0.352 e. The van der Waals surface area contributed by atoms with Crippen molar-refractivity contribution in [3.63, 3.8) is 0 Å². The van der Waals surface area contributed by atoms with Crippen molar-refractivity contribution < 1.29 is 35.6 Å². The van der Waals surface area contributed by atoms with Crippen LogP contribution in [0.2, 0.25) is 0 Å². The normalized spacial score (nSPS) is 13.5. The van der Waals surface area contributed by atoms with Gasteiger partial charge < -0.3 is 10.2 Å². The molecule has 0 radical (unpaired) electrons. The van der Waals surface area contributed by atoms with Crippen molar-refractivity contribution in [3.8, 4) is 0 Å². The quantitative estimate of drug-likeness (QED) is 0.426. The molecule has 2 atom stereocenters. The van der Waals surface area contributed by atoms with Gasteiger partial charge in [-0.1, -0.05) is 32.0 Å². The van der Waals surface area contributed by atoms with E-state index in [0.29, 0.717) is 22.4 Å². The number of benzene rings is 2. The van der Waals surface area contributed by atoms with E-state index >= 15 is 0 Å². The third kappa shape index (κ3) is 8.44. The summed E-state index contributed by atoms with van der Waals surface area (Å²) < 4.78 is 78.9. The fraction of sp³-hybridized carbons (Fsp3) is 0.440. The number of sulfonamides is 1. The molecule has 0 bridgehead atoms. The van der Waals surface area contributed by atoms with E-state index in [1.54, 1.807) is 13.8 Å². The summed E-state index contributed by atoms with van der Waals surface area (Å²) in [6.07, 6.45) is -3.14. The molecule has 1 N–H and O–H groups in total. The number of anilines is 1. The third-order valence-electron chi connectivity index (χ3n) is 5.79. The van der Waals surface area contributed by atoms with Crippen molar-refractivity contribution in [2.75, 3.05) is 17.1 Å². The molecule has 2 rings (SSSR count). The minimum atomic E-state index is -4.72. The van der Waals surface area contributed by atoms with Crippen molar-refractivity contribution in [1.29, 1.82) is 0 Å². The molecule has 12 heteroatoms. The maximum atomic E-state index is 13.5. The van der Waals surface area contributed by atoms with Crippen LogP contribution < -0.4 is 9.62 Å². The highest BCUT2D eigenvalue weighted by molar-refractivity contribution is 7.92. The zero-order chi connectivity index (χ0) is 28.0. The lowest BCUT2D eigenvalue weighted by Gasteiger charge is -2.33. The molecule has 2 aromatic rings. The van der Waals surface area contributed by atoms with Crippen LogP contribution >= 0.6 is 0 Å². The summed E-state index contributed by atoms with van der Waals surface area (Å²) in [6.45, 7) is 4.34. The van der Waals surface area contributed by atoms with E-state index in [0.717, 1.165) is 29.4 Å². The number of carbonyl (C=O) groups is 2. The molecule has 0 saturated heterocycles. The van der Waals surface area contributed by atoms with Crippen LogP contribution in [0.3, 0.4) is 0 Å². The van der Waals surface area contributed by atoms with Gasteiger partial charge in [0.15, 0.2) is 0 Å². The Labute approximate surface area is 214 Å². The average Bonchev–Trinajstić information content (AvgIpc) is 2.82. The number of nitrogens with zero attached hydrogens (tertiary/aromatic N) is 2. The SMILES string of the molecule is CCC(C)NC(=O)C(CC)N(Cc1ccc(F)cc1)C(=O)CN(c1cccc(C(F)(F)F)c1)S(C)(=O)=O. The second-order valence-corrected chi connectivity index (χ2v) is 10.6. The van der Waals surface area contributed by atoms with Gasteiger partial charge in [0, 0.05) is 12.6 Å². The van der Waals surface area contributed by atoms with Crippen LogP contribution in [0, 0.1) is 5.82 Å². The highest BCUT2D eigenvalue weighted by Gasteiger charge is 2.34. The molecule has 0 aliphatic heterocycles. The molecule has 0 aromatic heterocycles. The summed E-state index contributed by atoms with van der Waals surface area (Å²) in [5, 5.41) is 2.80. The molecule has 37 heavy (non-hydrogen) atoms. The molecular formula is C25H31F4N3O4S. The van der Waals surface area contributed by atoms with Gasteiger partial charge >= 0.3 is 6.18 Å². The van der Waals surface area contributed by atoms with Crippen LogP contribution in [0.5, 0.6) is 0 Å². The lowest BCUT2D eigenvalue weighted by molar-refractivity contribution is -0.140. The predicted molar refractivity (Wildman–Crippen MR) is 133 cm³/mol. The summed E-state index contributed by atoms with van der Waals surface area (Å²) in [7, 11) is -4.19. The Morgan fingerprint density at radius 2 is 1.65 bits per heavy atom. The summed E-state index contributed by atoms with van der Waals surface area (Å²) in [5.74, 6) is -1.77. The van der Waals surface area contributed by atoms with E-state index < -0.39 is 52.0 Å². The molecule has 0 fully saturated rings. The van der Waals surface area contributed by atoms with E-state index in [4.69, 9.17) is 0 Å². The first-order valence-electron chi connectivity index (χ1n) is 11.7. The Bertz CT molecular complexity index is 1190. The molecule has 0 aliphatic carbocycles. The van der Waals surface area contributed by atoms with E-state index in [9.17, 15) is 35.6 Å². The first-order chi connectivity index (χ1) is 17.2. The topological polar surface area (TPSA) is 86.8 Å². The van der Waals surface area contributed by atoms with Gasteiger partial charge in [0.05, 0.1) is 17.5 Å². The number of halogens is 4. The first-order valence-corrected chi connectivity index (χ1v) is 13.5. The zero-order valence-electron chi connectivity index (χ0n) is 21.0. The molecule has 2 unspecified atom stereocenters. The van der Waals surface area contributed by atoms with Crippen LogP contribution in [0.25, 0.3) is 0 Å². The Balaban J connectivity index is 2.48. The lowest BCUT2D eigenvalue weighted by Crippen LogP contribution is -2.53. The molecular weight excluding hydrogens is 514 g/mol. The smallest absolute Gasteiger partial charge is 0.352 e. The molecule has 7 nitrogen and oxygen atoms in total. The van der Waals surface area contributed by atoms with E-state index in [1.807, 2.05) is 6.92 Å². The molecule has 0 aliphatic rings. The Kier molecular flexibility index (Phi) is 10.1. The second kappa shape index (κ2) is 12.4. The van der Waals surface area contributed by atoms with Crippen LogP contribution in [-0.4, -0.2) is 50.0 Å². The maximum Gasteiger partial charge on any atom is 0.416 e. The largest absolute Gasteiger partial charge is 0.416 e. The Morgan fingerprint density at radius 1 is 1.03 bits per heavy atom. The van der Waals surface area contributed by atoms with Gasteiger partial charge in [-0.3, -0.25) is 13.9 Å². The number of alkyl halides is 3. The van der Waals surface area contributed by atoms with Gasteiger partial charge in [0.25, 0.3) is 0 Å². The molecule has 0 heterocycles. The predicted octanol–water partition coefficient (Wildman–Crippen LogP) is 4.33. The van der Waals surface area contributed by atoms with Crippen LogP contribution in [0.15, 0.2) is 48.5 Å².